The van der Waals surface area contributed by atoms with E-state index in [0.29, 0.717) is 5.69 Å². The van der Waals surface area contributed by atoms with Gasteiger partial charge in [0, 0.05) is 13.2 Å². The highest BCUT2D eigenvalue weighted by atomic mass is 16.5. The lowest BCUT2D eigenvalue weighted by molar-refractivity contribution is -0.148. The number of likely N-dealkylation sites (N-methyl/N-ethyl adjacent to an activating group) is 1. The number of likely N-dealkylation sites (tertiary alicyclic amines) is 1. The minimum Gasteiger partial charge on any atom is -0.467 e. The molecule has 0 aliphatic carbocycles. The van der Waals surface area contributed by atoms with Crippen LogP contribution in [0.4, 0.5) is 0 Å². The summed E-state index contributed by atoms with van der Waals surface area (Å²) >= 11 is 0. The lowest BCUT2D eigenvalue weighted by Crippen LogP contribution is -2.36. The number of ether oxygens (including phenoxy) is 1. The van der Waals surface area contributed by atoms with Gasteiger partial charge in [-0.05, 0) is 18.6 Å². The van der Waals surface area contributed by atoms with Crippen LogP contribution in [0.15, 0.2) is 24.4 Å². The van der Waals surface area contributed by atoms with Gasteiger partial charge in [0.15, 0.2) is 0 Å². The van der Waals surface area contributed by atoms with Crippen molar-refractivity contribution in [1.82, 2.24) is 9.88 Å². The van der Waals surface area contributed by atoms with Crippen LogP contribution in [-0.2, 0) is 14.3 Å². The molecule has 1 fully saturated rings. The summed E-state index contributed by atoms with van der Waals surface area (Å²) in [4.78, 5) is 29.0. The minimum atomic E-state index is -1.01. The van der Waals surface area contributed by atoms with Crippen molar-refractivity contribution in [1.29, 1.82) is 0 Å². The predicted molar refractivity (Wildman–Crippen MR) is 65.9 cm³/mol. The zero-order valence-electron chi connectivity index (χ0n) is 10.8. The van der Waals surface area contributed by atoms with Gasteiger partial charge in [0.2, 0.25) is 5.91 Å². The molecule has 0 radical (unpaired) electrons. The Morgan fingerprint density at radius 1 is 1.58 bits per heavy atom. The predicted octanol–water partition coefficient (Wildman–Crippen LogP) is 0.135. The van der Waals surface area contributed by atoms with Gasteiger partial charge in [0.1, 0.15) is 12.1 Å². The number of pyridine rings is 1. The fourth-order valence-corrected chi connectivity index (χ4v) is 2.33. The molecular weight excluding hydrogens is 248 g/mol. The average Bonchev–Trinajstić information content (AvgIpc) is 2.75. The molecule has 2 rings (SSSR count). The molecule has 0 saturated carbocycles. The molecule has 6 heteroatoms. The Kier molecular flexibility index (Phi) is 3.80. The molecule has 1 aromatic rings. The minimum absolute atomic E-state index is 0.236. The van der Waals surface area contributed by atoms with Crippen molar-refractivity contribution in [2.24, 2.45) is 5.92 Å². The van der Waals surface area contributed by atoms with Crippen molar-refractivity contribution in [2.75, 3.05) is 14.2 Å². The molecule has 1 aliphatic rings. The highest BCUT2D eigenvalue weighted by Crippen LogP contribution is 2.33. The normalized spacial score (nSPS) is 24.4. The van der Waals surface area contributed by atoms with Crippen LogP contribution in [0.5, 0.6) is 0 Å². The van der Waals surface area contributed by atoms with Crippen LogP contribution in [0.3, 0.4) is 0 Å². The summed E-state index contributed by atoms with van der Waals surface area (Å²) in [6, 6.07) is 4.49. The molecule has 0 spiro atoms. The van der Waals surface area contributed by atoms with Crippen molar-refractivity contribution >= 4 is 11.9 Å². The number of aliphatic hydroxyl groups excluding tert-OH is 1. The molecule has 1 aliphatic heterocycles. The van der Waals surface area contributed by atoms with Crippen LogP contribution in [0.2, 0.25) is 0 Å². The molecule has 0 aromatic carbocycles. The Hall–Kier alpha value is -1.95. The van der Waals surface area contributed by atoms with E-state index in [-0.39, 0.29) is 12.3 Å². The molecule has 102 valence electrons. The van der Waals surface area contributed by atoms with Crippen molar-refractivity contribution < 1.29 is 19.4 Å². The van der Waals surface area contributed by atoms with E-state index in [0.717, 1.165) is 0 Å². The van der Waals surface area contributed by atoms with Crippen LogP contribution in [-0.4, -0.2) is 47.1 Å². The molecule has 1 amide bonds. The average molecular weight is 264 g/mol. The first-order chi connectivity index (χ1) is 9.06. The zero-order chi connectivity index (χ0) is 14.0. The largest absolute Gasteiger partial charge is 0.467 e. The van der Waals surface area contributed by atoms with E-state index in [9.17, 15) is 14.7 Å². The van der Waals surface area contributed by atoms with Crippen molar-refractivity contribution in [3.8, 4) is 0 Å². The van der Waals surface area contributed by atoms with Crippen LogP contribution in [0.1, 0.15) is 18.2 Å². The number of nitrogens with zero attached hydrogens (tertiary/aromatic N) is 2. The van der Waals surface area contributed by atoms with Crippen LogP contribution in [0, 0.1) is 5.92 Å². The molecule has 1 aromatic heterocycles. The van der Waals surface area contributed by atoms with Gasteiger partial charge in [-0.1, -0.05) is 6.07 Å². The van der Waals surface area contributed by atoms with Gasteiger partial charge in [0.05, 0.1) is 18.7 Å². The van der Waals surface area contributed by atoms with E-state index in [1.54, 1.807) is 24.4 Å². The van der Waals surface area contributed by atoms with Gasteiger partial charge in [-0.15, -0.1) is 0 Å². The fraction of sp³-hybridized carbons (Fsp3) is 0.462. The quantitative estimate of drug-likeness (QED) is 0.785. The second kappa shape index (κ2) is 5.36. The summed E-state index contributed by atoms with van der Waals surface area (Å²) in [6.07, 6.45) is 0.782. The van der Waals surface area contributed by atoms with Gasteiger partial charge in [0.25, 0.3) is 0 Å². The van der Waals surface area contributed by atoms with E-state index in [2.05, 4.69) is 9.72 Å². The second-order valence-electron chi connectivity index (χ2n) is 4.53. The smallest absolute Gasteiger partial charge is 0.328 e. The maximum absolute atomic E-state index is 12.1. The fourth-order valence-electron chi connectivity index (χ4n) is 2.33. The Morgan fingerprint density at radius 3 is 2.89 bits per heavy atom. The topological polar surface area (TPSA) is 79.7 Å². The zero-order valence-corrected chi connectivity index (χ0v) is 10.8. The van der Waals surface area contributed by atoms with Gasteiger partial charge >= 0.3 is 5.97 Å². The molecular formula is C13H16N2O4. The number of carbonyl (C=O) groups excluding carboxylic acids is 2. The van der Waals surface area contributed by atoms with Gasteiger partial charge in [-0.2, -0.15) is 0 Å². The molecule has 1 saturated heterocycles. The van der Waals surface area contributed by atoms with E-state index in [1.807, 2.05) is 0 Å². The van der Waals surface area contributed by atoms with E-state index < -0.39 is 24.0 Å². The summed E-state index contributed by atoms with van der Waals surface area (Å²) < 4.78 is 4.66. The summed E-state index contributed by atoms with van der Waals surface area (Å²) in [5.41, 5.74) is 0.430. The molecule has 19 heavy (non-hydrogen) atoms. The number of carbonyl (C=O) groups is 2. The number of rotatable bonds is 3. The third kappa shape index (κ3) is 2.44. The highest BCUT2D eigenvalue weighted by molar-refractivity contribution is 5.89. The van der Waals surface area contributed by atoms with Gasteiger partial charge in [-0.25, -0.2) is 4.79 Å². The van der Waals surface area contributed by atoms with Gasteiger partial charge < -0.3 is 14.7 Å². The monoisotopic (exact) mass is 264 g/mol. The molecule has 2 heterocycles. The Balaban J connectivity index is 2.18. The molecule has 0 bridgehead atoms. The molecule has 6 nitrogen and oxygen atoms in total. The first kappa shape index (κ1) is 13.5. The molecule has 3 atom stereocenters. The first-order valence-electron chi connectivity index (χ1n) is 5.99. The van der Waals surface area contributed by atoms with Crippen LogP contribution >= 0.6 is 0 Å². The maximum atomic E-state index is 12.1. The maximum Gasteiger partial charge on any atom is 0.328 e. The lowest BCUT2D eigenvalue weighted by Gasteiger charge is -2.17. The van der Waals surface area contributed by atoms with E-state index in [4.69, 9.17) is 0 Å². The third-order valence-corrected chi connectivity index (χ3v) is 3.45. The summed E-state index contributed by atoms with van der Waals surface area (Å²) in [5.74, 6) is -1.40. The van der Waals surface area contributed by atoms with E-state index in [1.165, 1.54) is 19.1 Å². The van der Waals surface area contributed by atoms with Gasteiger partial charge in [-0.3, -0.25) is 9.78 Å². The Labute approximate surface area is 111 Å². The van der Waals surface area contributed by atoms with Crippen molar-refractivity contribution in [3.63, 3.8) is 0 Å². The van der Waals surface area contributed by atoms with Crippen LogP contribution in [0.25, 0.3) is 0 Å². The second-order valence-corrected chi connectivity index (χ2v) is 4.53. The van der Waals surface area contributed by atoms with Crippen molar-refractivity contribution in [3.05, 3.63) is 30.1 Å². The number of amides is 1. The third-order valence-electron chi connectivity index (χ3n) is 3.45. The number of aromatic nitrogens is 1. The first-order valence-corrected chi connectivity index (χ1v) is 5.99. The molecule has 2 unspecified atom stereocenters. The SMILES string of the molecule is COC(=O)[C@@H]1CC(C(O)c2ccccn2)C(=O)N1C. The van der Waals surface area contributed by atoms with Crippen molar-refractivity contribution in [2.45, 2.75) is 18.6 Å². The Bertz CT molecular complexity index is 477. The number of hydrogen-bond donors (Lipinski definition) is 1. The highest BCUT2D eigenvalue weighted by Gasteiger charge is 2.45. The van der Waals surface area contributed by atoms with E-state index >= 15 is 0 Å². The molecule has 1 N–H and O–H groups in total. The number of hydrogen-bond acceptors (Lipinski definition) is 5. The lowest BCUT2D eigenvalue weighted by atomic mass is 9.96. The summed E-state index contributed by atoms with van der Waals surface area (Å²) in [5, 5.41) is 10.2. The summed E-state index contributed by atoms with van der Waals surface area (Å²) in [6.45, 7) is 0. The Morgan fingerprint density at radius 2 is 2.32 bits per heavy atom. The number of aliphatic hydroxyl groups is 1. The number of esters is 1. The van der Waals surface area contributed by atoms with Crippen LogP contribution < -0.4 is 0 Å². The summed E-state index contributed by atoms with van der Waals surface area (Å²) in [7, 11) is 2.82. The number of methoxy groups -OCH3 is 1. The standard InChI is InChI=1S/C13H16N2O4/c1-15-10(13(18)19-2)7-8(12(15)17)11(16)9-5-3-4-6-14-9/h3-6,8,10-11,16H,7H2,1-2H3/t8?,10-,11?/m0/s1.